The van der Waals surface area contributed by atoms with Crippen LogP contribution in [0.1, 0.15) is 6.42 Å². The molecule has 0 aromatic rings. The number of fused-ring (bicyclic) bond motifs is 3. The predicted molar refractivity (Wildman–Crippen MR) is 60.2 cm³/mol. The number of nitrogens with one attached hydrogen (secondary N) is 1. The zero-order valence-corrected chi connectivity index (χ0v) is 9.04. The Bertz CT molecular complexity index is 364. The third-order valence-electron chi connectivity index (χ3n) is 4.02. The molecule has 1 amide bonds. The second kappa shape index (κ2) is 3.63. The SMILES string of the molecule is O=C(O)N1CCC2CNC3C=CC=CC3C21. The minimum atomic E-state index is -0.767. The maximum Gasteiger partial charge on any atom is 0.407 e. The number of likely N-dealkylation sites (tertiary alicyclic amines) is 1. The third kappa shape index (κ3) is 1.37. The van der Waals surface area contributed by atoms with Crippen LogP contribution in [0, 0.1) is 11.8 Å². The number of amides is 1. The Balaban J connectivity index is 1.89. The lowest BCUT2D eigenvalue weighted by Gasteiger charge is -2.41. The molecular formula is C12H16N2O2. The van der Waals surface area contributed by atoms with Gasteiger partial charge in [0.1, 0.15) is 0 Å². The van der Waals surface area contributed by atoms with Crippen molar-refractivity contribution in [3.63, 3.8) is 0 Å². The summed E-state index contributed by atoms with van der Waals surface area (Å²) in [5.41, 5.74) is 0. The molecule has 4 unspecified atom stereocenters. The quantitative estimate of drug-likeness (QED) is 0.642. The highest BCUT2D eigenvalue weighted by Crippen LogP contribution is 2.36. The smallest absolute Gasteiger partial charge is 0.407 e. The molecule has 1 aliphatic carbocycles. The Morgan fingerprint density at radius 1 is 1.38 bits per heavy atom. The summed E-state index contributed by atoms with van der Waals surface area (Å²) in [5.74, 6) is 0.788. The van der Waals surface area contributed by atoms with Crippen molar-refractivity contribution in [2.75, 3.05) is 13.1 Å². The lowest BCUT2D eigenvalue weighted by Crippen LogP contribution is -2.56. The molecule has 2 fully saturated rings. The monoisotopic (exact) mass is 220 g/mol. The summed E-state index contributed by atoms with van der Waals surface area (Å²) in [6, 6.07) is 0.483. The molecule has 2 N–H and O–H groups in total. The fourth-order valence-corrected chi connectivity index (χ4v) is 3.29. The summed E-state index contributed by atoms with van der Waals surface area (Å²) in [6.45, 7) is 1.63. The molecule has 4 atom stereocenters. The molecule has 86 valence electrons. The summed E-state index contributed by atoms with van der Waals surface area (Å²) in [7, 11) is 0. The van der Waals surface area contributed by atoms with Crippen LogP contribution < -0.4 is 5.32 Å². The topological polar surface area (TPSA) is 52.6 Å². The molecule has 0 spiro atoms. The van der Waals surface area contributed by atoms with Crippen LogP contribution in [0.4, 0.5) is 4.79 Å². The Morgan fingerprint density at radius 3 is 3.00 bits per heavy atom. The number of hydrogen-bond donors (Lipinski definition) is 2. The van der Waals surface area contributed by atoms with E-state index in [-0.39, 0.29) is 6.04 Å². The fourth-order valence-electron chi connectivity index (χ4n) is 3.29. The maximum absolute atomic E-state index is 11.2. The summed E-state index contributed by atoms with van der Waals surface area (Å²) < 4.78 is 0. The number of hydrogen-bond acceptors (Lipinski definition) is 2. The Kier molecular flexibility index (Phi) is 2.24. The summed E-state index contributed by atoms with van der Waals surface area (Å²) in [4.78, 5) is 12.8. The normalized spacial score (nSPS) is 40.6. The highest BCUT2D eigenvalue weighted by Gasteiger charge is 2.46. The first-order valence-corrected chi connectivity index (χ1v) is 5.85. The van der Waals surface area contributed by atoms with Gasteiger partial charge in [0, 0.05) is 31.1 Å². The predicted octanol–water partition coefficient (Wildman–Crippen LogP) is 1.07. The van der Waals surface area contributed by atoms with E-state index >= 15 is 0 Å². The van der Waals surface area contributed by atoms with Crippen LogP contribution in [-0.2, 0) is 0 Å². The van der Waals surface area contributed by atoms with E-state index < -0.39 is 6.09 Å². The van der Waals surface area contributed by atoms with Gasteiger partial charge in [0.25, 0.3) is 0 Å². The van der Waals surface area contributed by atoms with Crippen LogP contribution in [0.15, 0.2) is 24.3 Å². The highest BCUT2D eigenvalue weighted by molar-refractivity contribution is 5.66. The molecule has 0 saturated carbocycles. The molecule has 2 heterocycles. The van der Waals surface area contributed by atoms with E-state index in [1.54, 1.807) is 4.90 Å². The van der Waals surface area contributed by atoms with Crippen LogP contribution in [-0.4, -0.2) is 41.3 Å². The lowest BCUT2D eigenvalue weighted by molar-refractivity contribution is 0.106. The summed E-state index contributed by atoms with van der Waals surface area (Å²) in [6.07, 6.45) is 8.58. The maximum atomic E-state index is 11.2. The second-order valence-corrected chi connectivity index (χ2v) is 4.80. The minimum Gasteiger partial charge on any atom is -0.465 e. The molecule has 0 radical (unpaired) electrons. The van der Waals surface area contributed by atoms with Crippen molar-refractivity contribution < 1.29 is 9.90 Å². The first kappa shape index (κ1) is 9.90. The van der Waals surface area contributed by atoms with Crippen molar-refractivity contribution >= 4 is 6.09 Å². The zero-order valence-electron chi connectivity index (χ0n) is 9.04. The van der Waals surface area contributed by atoms with E-state index in [0.29, 0.717) is 24.4 Å². The molecule has 2 aliphatic heterocycles. The van der Waals surface area contributed by atoms with E-state index in [0.717, 1.165) is 13.0 Å². The van der Waals surface area contributed by atoms with Crippen LogP contribution in [0.3, 0.4) is 0 Å². The van der Waals surface area contributed by atoms with Crippen molar-refractivity contribution in [2.24, 2.45) is 11.8 Å². The number of carbonyl (C=O) groups is 1. The van der Waals surface area contributed by atoms with Crippen LogP contribution in [0.2, 0.25) is 0 Å². The Hall–Kier alpha value is -1.29. The number of nitrogens with zero attached hydrogens (tertiary/aromatic N) is 1. The second-order valence-electron chi connectivity index (χ2n) is 4.80. The van der Waals surface area contributed by atoms with E-state index in [2.05, 4.69) is 17.5 Å². The molecule has 0 aromatic carbocycles. The van der Waals surface area contributed by atoms with Crippen molar-refractivity contribution in [3.05, 3.63) is 24.3 Å². The average molecular weight is 220 g/mol. The number of carboxylic acid groups (broad SMARTS) is 1. The van der Waals surface area contributed by atoms with Gasteiger partial charge in [-0.15, -0.1) is 0 Å². The molecule has 0 aromatic heterocycles. The van der Waals surface area contributed by atoms with E-state index in [4.69, 9.17) is 0 Å². The van der Waals surface area contributed by atoms with Crippen molar-refractivity contribution in [2.45, 2.75) is 18.5 Å². The minimum absolute atomic E-state index is 0.171. The standard InChI is InChI=1S/C12H16N2O2/c15-12(16)14-6-5-8-7-13-10-4-2-1-3-9(10)11(8)14/h1-4,8-11,13H,5-7H2,(H,15,16). The lowest BCUT2D eigenvalue weighted by atomic mass is 9.78. The molecule has 3 rings (SSSR count). The zero-order chi connectivity index (χ0) is 11.1. The number of allylic oxidation sites excluding steroid dienone is 2. The van der Waals surface area contributed by atoms with Gasteiger partial charge in [-0.2, -0.15) is 0 Å². The van der Waals surface area contributed by atoms with Gasteiger partial charge in [-0.1, -0.05) is 24.3 Å². The molecule has 3 aliphatic rings. The molecule has 4 heteroatoms. The van der Waals surface area contributed by atoms with Crippen LogP contribution in [0.25, 0.3) is 0 Å². The van der Waals surface area contributed by atoms with Crippen molar-refractivity contribution in [1.29, 1.82) is 0 Å². The largest absolute Gasteiger partial charge is 0.465 e. The number of rotatable bonds is 0. The van der Waals surface area contributed by atoms with Crippen LogP contribution >= 0.6 is 0 Å². The van der Waals surface area contributed by atoms with E-state index in [1.165, 1.54) is 0 Å². The first-order valence-electron chi connectivity index (χ1n) is 5.85. The molecule has 16 heavy (non-hydrogen) atoms. The fraction of sp³-hybridized carbons (Fsp3) is 0.583. The van der Waals surface area contributed by atoms with Gasteiger partial charge in [0.15, 0.2) is 0 Å². The van der Waals surface area contributed by atoms with Gasteiger partial charge in [0.05, 0.1) is 0 Å². The van der Waals surface area contributed by atoms with Crippen LogP contribution in [0.5, 0.6) is 0 Å². The highest BCUT2D eigenvalue weighted by atomic mass is 16.4. The van der Waals surface area contributed by atoms with E-state index in [9.17, 15) is 9.90 Å². The molecular weight excluding hydrogens is 204 g/mol. The van der Waals surface area contributed by atoms with Gasteiger partial charge in [-0.25, -0.2) is 4.79 Å². The van der Waals surface area contributed by atoms with Gasteiger partial charge < -0.3 is 15.3 Å². The van der Waals surface area contributed by atoms with Gasteiger partial charge in [0.2, 0.25) is 0 Å². The Labute approximate surface area is 94.6 Å². The van der Waals surface area contributed by atoms with Gasteiger partial charge in [-0.05, 0) is 12.3 Å². The molecule has 0 bridgehead atoms. The average Bonchev–Trinajstić information content (AvgIpc) is 2.73. The van der Waals surface area contributed by atoms with Crippen molar-refractivity contribution in [3.8, 4) is 0 Å². The summed E-state index contributed by atoms with van der Waals surface area (Å²) >= 11 is 0. The molecule has 2 saturated heterocycles. The van der Waals surface area contributed by atoms with E-state index in [1.807, 2.05) is 12.2 Å². The Morgan fingerprint density at radius 2 is 2.19 bits per heavy atom. The first-order chi connectivity index (χ1) is 7.77. The third-order valence-corrected chi connectivity index (χ3v) is 4.02. The van der Waals surface area contributed by atoms with Gasteiger partial charge in [-0.3, -0.25) is 0 Å². The van der Waals surface area contributed by atoms with Crippen molar-refractivity contribution in [1.82, 2.24) is 10.2 Å². The van der Waals surface area contributed by atoms with Gasteiger partial charge >= 0.3 is 6.09 Å². The summed E-state index contributed by atoms with van der Waals surface area (Å²) in [5, 5.41) is 12.7. The number of piperidine rings is 1. The molecule has 4 nitrogen and oxygen atoms in total.